The number of anilines is 3. The minimum Gasteiger partial charge on any atom is -0.332 e. The Morgan fingerprint density at radius 2 is 1.61 bits per heavy atom. The van der Waals surface area contributed by atoms with Crippen LogP contribution in [0.3, 0.4) is 0 Å². The van der Waals surface area contributed by atoms with Gasteiger partial charge in [-0.05, 0) is 67.2 Å². The molecule has 10 heteroatoms. The molecule has 0 saturated heterocycles. The number of rotatable bonds is 5. The monoisotopic (exact) mass is 433 g/mol. The molecule has 1 heterocycles. The minimum absolute atomic E-state index is 0.00633. The topological polar surface area (TPSA) is 96.0 Å². The van der Waals surface area contributed by atoms with Crippen molar-refractivity contribution in [1.29, 1.82) is 0 Å². The standard InChI is InChI=1S/C18H16ClN5O2S2/c1-12-3-4-14(11-16(12)19)23-18(27)22-13-5-7-15(8-6-13)28(25,26)24-17-20-9-2-10-21-17/h2-11H,1H3,(H,20,21,24)(H2,22,23,27). The molecule has 3 aromatic rings. The van der Waals surface area contributed by atoms with Crippen LogP contribution < -0.4 is 15.4 Å². The van der Waals surface area contributed by atoms with Crippen molar-refractivity contribution in [3.63, 3.8) is 0 Å². The van der Waals surface area contributed by atoms with Gasteiger partial charge in [-0.3, -0.25) is 0 Å². The fourth-order valence-electron chi connectivity index (χ4n) is 2.21. The summed E-state index contributed by atoms with van der Waals surface area (Å²) in [5.74, 6) is 0.00633. The molecular formula is C18H16ClN5O2S2. The number of hydrogen-bond acceptors (Lipinski definition) is 5. The zero-order valence-electron chi connectivity index (χ0n) is 14.7. The van der Waals surface area contributed by atoms with Gasteiger partial charge in [-0.2, -0.15) is 0 Å². The van der Waals surface area contributed by atoms with Crippen LogP contribution in [-0.4, -0.2) is 23.5 Å². The average Bonchev–Trinajstić information content (AvgIpc) is 2.65. The molecule has 0 aliphatic heterocycles. The molecule has 1 aromatic heterocycles. The highest BCUT2D eigenvalue weighted by atomic mass is 35.5. The van der Waals surface area contributed by atoms with Gasteiger partial charge in [0.15, 0.2) is 5.11 Å². The zero-order chi connectivity index (χ0) is 20.1. The van der Waals surface area contributed by atoms with E-state index in [1.807, 2.05) is 19.1 Å². The van der Waals surface area contributed by atoms with Gasteiger partial charge in [0, 0.05) is 28.8 Å². The predicted molar refractivity (Wildman–Crippen MR) is 115 cm³/mol. The Balaban J connectivity index is 1.65. The summed E-state index contributed by atoms with van der Waals surface area (Å²) >= 11 is 11.4. The Bertz CT molecular complexity index is 1090. The lowest BCUT2D eigenvalue weighted by molar-refractivity contribution is 0.601. The van der Waals surface area contributed by atoms with Crippen LogP contribution in [0, 0.1) is 6.92 Å². The average molecular weight is 434 g/mol. The number of benzene rings is 2. The normalized spacial score (nSPS) is 10.9. The molecule has 7 nitrogen and oxygen atoms in total. The summed E-state index contributed by atoms with van der Waals surface area (Å²) in [7, 11) is -3.78. The molecule has 0 radical (unpaired) electrons. The van der Waals surface area contributed by atoms with E-state index in [2.05, 4.69) is 25.3 Å². The fourth-order valence-corrected chi connectivity index (χ4v) is 3.59. The Labute approximate surface area is 173 Å². The van der Waals surface area contributed by atoms with Gasteiger partial charge in [0.1, 0.15) is 0 Å². The van der Waals surface area contributed by atoms with Crippen LogP contribution in [-0.2, 0) is 10.0 Å². The lowest BCUT2D eigenvalue weighted by Gasteiger charge is -2.12. The van der Waals surface area contributed by atoms with E-state index in [1.165, 1.54) is 24.5 Å². The second-order valence-electron chi connectivity index (χ2n) is 5.75. The number of aromatic nitrogens is 2. The molecule has 0 saturated carbocycles. The van der Waals surface area contributed by atoms with Crippen LogP contribution in [0.5, 0.6) is 0 Å². The maximum Gasteiger partial charge on any atom is 0.264 e. The van der Waals surface area contributed by atoms with Crippen molar-refractivity contribution < 1.29 is 8.42 Å². The predicted octanol–water partition coefficient (Wildman–Crippen LogP) is 4.05. The third kappa shape index (κ3) is 5.16. The Hall–Kier alpha value is -2.75. The molecule has 0 aliphatic rings. The van der Waals surface area contributed by atoms with Gasteiger partial charge in [-0.25, -0.2) is 23.1 Å². The van der Waals surface area contributed by atoms with E-state index in [9.17, 15) is 8.42 Å². The van der Waals surface area contributed by atoms with Crippen molar-refractivity contribution in [2.24, 2.45) is 0 Å². The van der Waals surface area contributed by atoms with E-state index in [1.54, 1.807) is 24.3 Å². The molecule has 0 unspecified atom stereocenters. The first-order valence-corrected chi connectivity index (χ1v) is 10.3. The molecule has 0 aliphatic carbocycles. The molecule has 3 N–H and O–H groups in total. The number of sulfonamides is 1. The number of nitrogens with one attached hydrogen (secondary N) is 3. The van der Waals surface area contributed by atoms with Crippen molar-refractivity contribution in [2.45, 2.75) is 11.8 Å². The van der Waals surface area contributed by atoms with E-state index in [0.717, 1.165) is 11.3 Å². The highest BCUT2D eigenvalue weighted by Gasteiger charge is 2.15. The number of hydrogen-bond donors (Lipinski definition) is 3. The maximum atomic E-state index is 12.4. The SMILES string of the molecule is Cc1ccc(NC(=S)Nc2ccc(S(=O)(=O)Nc3ncccn3)cc2)cc1Cl. The molecule has 0 atom stereocenters. The van der Waals surface area contributed by atoms with Gasteiger partial charge in [-0.1, -0.05) is 17.7 Å². The summed E-state index contributed by atoms with van der Waals surface area (Å²) in [5, 5.41) is 7.00. The molecule has 0 fully saturated rings. The van der Waals surface area contributed by atoms with E-state index in [-0.39, 0.29) is 10.8 Å². The third-order valence-electron chi connectivity index (χ3n) is 3.64. The van der Waals surface area contributed by atoms with Gasteiger partial charge in [0.2, 0.25) is 5.95 Å². The summed E-state index contributed by atoms with van der Waals surface area (Å²) < 4.78 is 27.1. The van der Waals surface area contributed by atoms with Crippen molar-refractivity contribution in [2.75, 3.05) is 15.4 Å². The maximum absolute atomic E-state index is 12.4. The highest BCUT2D eigenvalue weighted by Crippen LogP contribution is 2.21. The van der Waals surface area contributed by atoms with Crippen molar-refractivity contribution in [3.05, 3.63) is 71.5 Å². The van der Waals surface area contributed by atoms with Gasteiger partial charge in [0.25, 0.3) is 10.0 Å². The Morgan fingerprint density at radius 1 is 1.00 bits per heavy atom. The van der Waals surface area contributed by atoms with Crippen LogP contribution >= 0.6 is 23.8 Å². The fraction of sp³-hybridized carbons (Fsp3) is 0.0556. The summed E-state index contributed by atoms with van der Waals surface area (Å²) in [6, 6.07) is 13.3. The van der Waals surface area contributed by atoms with Gasteiger partial charge >= 0.3 is 0 Å². The first kappa shape index (κ1) is 20.0. The van der Waals surface area contributed by atoms with Crippen LogP contribution in [0.1, 0.15) is 5.56 Å². The molecule has 0 bridgehead atoms. The molecule has 3 rings (SSSR count). The van der Waals surface area contributed by atoms with Crippen LogP contribution in [0.4, 0.5) is 17.3 Å². The van der Waals surface area contributed by atoms with E-state index in [0.29, 0.717) is 15.8 Å². The largest absolute Gasteiger partial charge is 0.332 e. The zero-order valence-corrected chi connectivity index (χ0v) is 17.1. The van der Waals surface area contributed by atoms with E-state index in [4.69, 9.17) is 23.8 Å². The van der Waals surface area contributed by atoms with Gasteiger partial charge < -0.3 is 10.6 Å². The lowest BCUT2D eigenvalue weighted by Crippen LogP contribution is -2.19. The van der Waals surface area contributed by atoms with Crippen LogP contribution in [0.2, 0.25) is 5.02 Å². The molecular weight excluding hydrogens is 418 g/mol. The number of thiocarbonyl (C=S) groups is 1. The quantitative estimate of drug-likeness (QED) is 0.522. The molecule has 28 heavy (non-hydrogen) atoms. The third-order valence-corrected chi connectivity index (χ3v) is 5.60. The molecule has 144 valence electrons. The van der Waals surface area contributed by atoms with E-state index >= 15 is 0 Å². The second kappa shape index (κ2) is 8.51. The van der Waals surface area contributed by atoms with Gasteiger partial charge in [0.05, 0.1) is 4.90 Å². The first-order chi connectivity index (χ1) is 13.3. The van der Waals surface area contributed by atoms with Crippen molar-refractivity contribution >= 4 is 56.3 Å². The lowest BCUT2D eigenvalue weighted by atomic mass is 10.2. The molecule has 0 amide bonds. The highest BCUT2D eigenvalue weighted by molar-refractivity contribution is 7.92. The van der Waals surface area contributed by atoms with Crippen molar-refractivity contribution in [1.82, 2.24) is 9.97 Å². The summed E-state index contributed by atoms with van der Waals surface area (Å²) in [5.41, 5.74) is 2.35. The number of halogens is 1. The summed E-state index contributed by atoms with van der Waals surface area (Å²) in [6.07, 6.45) is 2.90. The number of nitrogens with zero attached hydrogens (tertiary/aromatic N) is 2. The minimum atomic E-state index is -3.78. The Kier molecular flexibility index (Phi) is 6.08. The Morgan fingerprint density at radius 3 is 2.25 bits per heavy atom. The van der Waals surface area contributed by atoms with Crippen LogP contribution in [0.15, 0.2) is 65.8 Å². The first-order valence-electron chi connectivity index (χ1n) is 8.07. The smallest absolute Gasteiger partial charge is 0.264 e. The summed E-state index contributed by atoms with van der Waals surface area (Å²) in [4.78, 5) is 7.78. The van der Waals surface area contributed by atoms with Crippen molar-refractivity contribution in [3.8, 4) is 0 Å². The van der Waals surface area contributed by atoms with E-state index < -0.39 is 10.0 Å². The second-order valence-corrected chi connectivity index (χ2v) is 8.24. The molecule has 0 spiro atoms. The number of aryl methyl sites for hydroxylation is 1. The summed E-state index contributed by atoms with van der Waals surface area (Å²) in [6.45, 7) is 1.91. The van der Waals surface area contributed by atoms with Gasteiger partial charge in [-0.15, -0.1) is 0 Å². The van der Waals surface area contributed by atoms with Crippen LogP contribution in [0.25, 0.3) is 0 Å². The molecule has 2 aromatic carbocycles.